The van der Waals surface area contributed by atoms with Gasteiger partial charge in [-0.05, 0) is 38.3 Å². The lowest BCUT2D eigenvalue weighted by atomic mass is 9.99. The zero-order valence-electron chi connectivity index (χ0n) is 18.9. The Hall–Kier alpha value is -3.30. The standard InChI is InChI=1S/C23H28F3NO6/c1-5-8-14(2)10-11-16(23(24,25)26)20(29)19-17(28)13-18(33-21(19)30)15(3)9-6-7-12-32-22(31)27-4/h7,10-13,15,28H,5-6,8-9H2,1-4H3,(H,27,31)/b12-7+,14-10-,16-11+. The summed E-state index contributed by atoms with van der Waals surface area (Å²) in [5, 5.41) is 12.5. The predicted octanol–water partition coefficient (Wildman–Crippen LogP) is 5.52. The van der Waals surface area contributed by atoms with Crippen molar-refractivity contribution in [2.75, 3.05) is 7.05 Å². The largest absolute Gasteiger partial charge is 0.507 e. The molecule has 33 heavy (non-hydrogen) atoms. The first-order chi connectivity index (χ1) is 15.4. The number of alkyl halides is 3. The molecule has 10 heteroatoms. The summed E-state index contributed by atoms with van der Waals surface area (Å²) in [5.41, 5.74) is -3.38. The van der Waals surface area contributed by atoms with Crippen LogP contribution in [0.3, 0.4) is 0 Å². The van der Waals surface area contributed by atoms with E-state index in [4.69, 9.17) is 4.42 Å². The Morgan fingerprint density at radius 2 is 1.97 bits per heavy atom. The number of Topliss-reactive ketones (excluding diaryl/α,β-unsaturated/α-hetero) is 1. The summed E-state index contributed by atoms with van der Waals surface area (Å²) in [7, 11) is 1.40. The summed E-state index contributed by atoms with van der Waals surface area (Å²) >= 11 is 0. The molecule has 1 rings (SSSR count). The lowest BCUT2D eigenvalue weighted by molar-refractivity contribution is -0.0887. The van der Waals surface area contributed by atoms with E-state index in [9.17, 15) is 32.7 Å². The number of ketones is 1. The van der Waals surface area contributed by atoms with Gasteiger partial charge >= 0.3 is 17.9 Å². The number of hydrogen-bond acceptors (Lipinski definition) is 6. The Morgan fingerprint density at radius 1 is 1.30 bits per heavy atom. The van der Waals surface area contributed by atoms with Crippen LogP contribution in [0, 0.1) is 0 Å². The average molecular weight is 471 g/mol. The number of alkyl carbamates (subject to hydrolysis) is 1. The first kappa shape index (κ1) is 27.7. The Balaban J connectivity index is 3.12. The van der Waals surface area contributed by atoms with Crippen LogP contribution in [0.5, 0.6) is 5.75 Å². The molecule has 1 heterocycles. The maximum atomic E-state index is 13.5. The molecule has 0 spiro atoms. The van der Waals surface area contributed by atoms with Crippen molar-refractivity contribution >= 4 is 11.9 Å². The quantitative estimate of drug-likeness (QED) is 0.202. The van der Waals surface area contributed by atoms with Gasteiger partial charge in [-0.15, -0.1) is 0 Å². The van der Waals surface area contributed by atoms with Gasteiger partial charge in [0.2, 0.25) is 5.78 Å². The molecule has 1 amide bonds. The van der Waals surface area contributed by atoms with Gasteiger partial charge in [0.1, 0.15) is 22.6 Å². The van der Waals surface area contributed by atoms with Gasteiger partial charge in [-0.3, -0.25) is 4.79 Å². The summed E-state index contributed by atoms with van der Waals surface area (Å²) in [6, 6.07) is 0.968. The maximum absolute atomic E-state index is 13.5. The number of aromatic hydroxyl groups is 1. The van der Waals surface area contributed by atoms with Crippen molar-refractivity contribution in [3.63, 3.8) is 0 Å². The highest BCUT2D eigenvalue weighted by Gasteiger charge is 2.40. The monoisotopic (exact) mass is 471 g/mol. The second-order valence-electron chi connectivity index (χ2n) is 7.37. The molecular formula is C23H28F3NO6. The molecule has 182 valence electrons. The molecule has 1 atom stereocenters. The third-order valence-corrected chi connectivity index (χ3v) is 4.63. The van der Waals surface area contributed by atoms with Crippen molar-refractivity contribution in [3.05, 3.63) is 63.4 Å². The number of amides is 1. The van der Waals surface area contributed by atoms with Gasteiger partial charge in [-0.2, -0.15) is 13.2 Å². The number of ether oxygens (including phenoxy) is 1. The number of nitrogens with one attached hydrogen (secondary N) is 1. The van der Waals surface area contributed by atoms with Crippen LogP contribution in [-0.4, -0.2) is 30.2 Å². The molecule has 0 saturated carbocycles. The van der Waals surface area contributed by atoms with Crippen LogP contribution in [0.15, 0.2) is 50.9 Å². The van der Waals surface area contributed by atoms with Gasteiger partial charge in [0.05, 0.1) is 6.26 Å². The van der Waals surface area contributed by atoms with E-state index in [1.54, 1.807) is 19.9 Å². The van der Waals surface area contributed by atoms with E-state index in [0.717, 1.165) is 6.07 Å². The summed E-state index contributed by atoms with van der Waals surface area (Å²) in [4.78, 5) is 35.8. The second-order valence-corrected chi connectivity index (χ2v) is 7.37. The van der Waals surface area contributed by atoms with E-state index in [-0.39, 0.29) is 5.76 Å². The maximum Gasteiger partial charge on any atom is 0.420 e. The third kappa shape index (κ3) is 8.63. The fourth-order valence-electron chi connectivity index (χ4n) is 2.81. The molecule has 7 nitrogen and oxygen atoms in total. The molecule has 0 aromatic carbocycles. The fraction of sp³-hybridized carbons (Fsp3) is 0.435. The predicted molar refractivity (Wildman–Crippen MR) is 116 cm³/mol. The first-order valence-electron chi connectivity index (χ1n) is 10.3. The molecule has 1 aromatic rings. The molecule has 0 fully saturated rings. The van der Waals surface area contributed by atoms with Crippen molar-refractivity contribution in [1.82, 2.24) is 5.32 Å². The molecule has 0 saturated heterocycles. The lowest BCUT2D eigenvalue weighted by Crippen LogP contribution is -2.25. The molecule has 0 radical (unpaired) electrons. The number of hydrogen-bond donors (Lipinski definition) is 2. The van der Waals surface area contributed by atoms with Crippen LogP contribution in [0.4, 0.5) is 18.0 Å². The Labute approximate surface area is 189 Å². The first-order valence-corrected chi connectivity index (χ1v) is 10.3. The lowest BCUT2D eigenvalue weighted by Gasteiger charge is -2.13. The van der Waals surface area contributed by atoms with Gasteiger partial charge in [-0.1, -0.05) is 31.9 Å². The third-order valence-electron chi connectivity index (χ3n) is 4.63. The van der Waals surface area contributed by atoms with Crippen LogP contribution in [0.2, 0.25) is 0 Å². The molecule has 0 aliphatic heterocycles. The number of rotatable bonds is 10. The molecule has 1 unspecified atom stereocenters. The van der Waals surface area contributed by atoms with Crippen LogP contribution >= 0.6 is 0 Å². The van der Waals surface area contributed by atoms with Crippen LogP contribution in [0.25, 0.3) is 0 Å². The smallest absolute Gasteiger partial charge is 0.420 e. The highest BCUT2D eigenvalue weighted by Crippen LogP contribution is 2.32. The summed E-state index contributed by atoms with van der Waals surface area (Å²) < 4.78 is 50.1. The van der Waals surface area contributed by atoms with E-state index in [1.165, 1.54) is 19.4 Å². The molecular weight excluding hydrogens is 443 g/mol. The summed E-state index contributed by atoms with van der Waals surface area (Å²) in [6.07, 6.45) is 0.906. The Kier molecular flexibility index (Phi) is 10.6. The zero-order chi connectivity index (χ0) is 25.2. The van der Waals surface area contributed by atoms with Crippen molar-refractivity contribution in [3.8, 4) is 5.75 Å². The topological polar surface area (TPSA) is 106 Å². The number of carbonyl (C=O) groups excluding carboxylic acids is 2. The normalized spacial score (nSPS) is 13.8. The highest BCUT2D eigenvalue weighted by atomic mass is 19.4. The number of carbonyl (C=O) groups is 2. The van der Waals surface area contributed by atoms with Crippen LogP contribution in [0.1, 0.15) is 68.5 Å². The van der Waals surface area contributed by atoms with Crippen molar-refractivity contribution < 1.29 is 37.0 Å². The van der Waals surface area contributed by atoms with Crippen LogP contribution in [-0.2, 0) is 4.74 Å². The summed E-state index contributed by atoms with van der Waals surface area (Å²) in [5.74, 6) is -2.97. The van der Waals surface area contributed by atoms with Gasteiger partial charge in [-0.25, -0.2) is 9.59 Å². The minimum atomic E-state index is -5.03. The minimum Gasteiger partial charge on any atom is -0.507 e. The molecule has 0 aliphatic carbocycles. The van der Waals surface area contributed by atoms with E-state index >= 15 is 0 Å². The average Bonchev–Trinajstić information content (AvgIpc) is 2.71. The van der Waals surface area contributed by atoms with E-state index < -0.39 is 46.5 Å². The fourth-order valence-corrected chi connectivity index (χ4v) is 2.81. The Bertz CT molecular complexity index is 989. The van der Waals surface area contributed by atoms with E-state index in [1.807, 2.05) is 6.92 Å². The zero-order valence-corrected chi connectivity index (χ0v) is 18.9. The van der Waals surface area contributed by atoms with Crippen molar-refractivity contribution in [2.45, 2.75) is 58.5 Å². The van der Waals surface area contributed by atoms with Crippen molar-refractivity contribution in [2.24, 2.45) is 0 Å². The van der Waals surface area contributed by atoms with E-state index in [2.05, 4.69) is 10.1 Å². The molecule has 2 N–H and O–H groups in total. The number of halogens is 3. The van der Waals surface area contributed by atoms with Gasteiger partial charge in [0.15, 0.2) is 0 Å². The molecule has 1 aromatic heterocycles. The van der Waals surface area contributed by atoms with Gasteiger partial charge in [0, 0.05) is 19.0 Å². The number of allylic oxidation sites excluding steroid dienone is 5. The van der Waals surface area contributed by atoms with Gasteiger partial charge in [0.25, 0.3) is 0 Å². The van der Waals surface area contributed by atoms with Crippen LogP contribution < -0.4 is 10.9 Å². The SMILES string of the molecule is CCC/C(C)=C\C=C(/C(=O)c1c(O)cc(C(C)CC/C=C/OC(=O)NC)oc1=O)C(F)(F)F. The van der Waals surface area contributed by atoms with Crippen molar-refractivity contribution in [1.29, 1.82) is 0 Å². The minimum absolute atomic E-state index is 0.00546. The summed E-state index contributed by atoms with van der Waals surface area (Å²) in [6.45, 7) is 5.15. The highest BCUT2D eigenvalue weighted by molar-refractivity contribution is 6.11. The molecule has 0 aliphatic rings. The molecule has 0 bridgehead atoms. The van der Waals surface area contributed by atoms with Gasteiger partial charge < -0.3 is 19.6 Å². The second kappa shape index (κ2) is 12.7. The van der Waals surface area contributed by atoms with E-state index in [0.29, 0.717) is 37.3 Å². The Morgan fingerprint density at radius 3 is 2.52 bits per heavy atom.